The number of fused-ring (bicyclic) bond motifs is 1. The molecule has 0 aliphatic rings. The van der Waals surface area contributed by atoms with E-state index in [1.54, 1.807) is 25.1 Å². The van der Waals surface area contributed by atoms with E-state index in [1.165, 1.54) is 23.5 Å². The molecule has 2 aromatic carbocycles. The van der Waals surface area contributed by atoms with Crippen LogP contribution >= 0.6 is 11.3 Å². The third-order valence-corrected chi connectivity index (χ3v) is 6.60. The van der Waals surface area contributed by atoms with Gasteiger partial charge in [0.05, 0.1) is 20.8 Å². The first-order valence-corrected chi connectivity index (χ1v) is 11.6. The standard InChI is InChI=1S/C20H18N4O4S2/c1-10-6-11(2)18(25)13(7-10)15-9-16(24-23-15)19(26)22-20-21-14-5-4-12(30(3,27)28)8-17(14)29-20/h4-9,25H,1-3H3,(H,23,24)(H,21,22,26). The predicted octanol–water partition coefficient (Wildman–Crippen LogP) is 3.66. The lowest BCUT2D eigenvalue weighted by atomic mass is 10.0. The van der Waals surface area contributed by atoms with Crippen LogP contribution in [0, 0.1) is 13.8 Å². The number of thiazole rings is 1. The van der Waals surface area contributed by atoms with Crippen LogP contribution < -0.4 is 5.32 Å². The maximum Gasteiger partial charge on any atom is 0.275 e. The molecule has 30 heavy (non-hydrogen) atoms. The number of rotatable bonds is 4. The minimum absolute atomic E-state index is 0.118. The third-order valence-electron chi connectivity index (χ3n) is 4.55. The van der Waals surface area contributed by atoms with Gasteiger partial charge in [0.15, 0.2) is 15.0 Å². The normalized spacial score (nSPS) is 11.7. The van der Waals surface area contributed by atoms with Crippen molar-refractivity contribution in [3.63, 3.8) is 0 Å². The number of benzene rings is 2. The largest absolute Gasteiger partial charge is 0.507 e. The summed E-state index contributed by atoms with van der Waals surface area (Å²) >= 11 is 1.18. The quantitative estimate of drug-likeness (QED) is 0.443. The van der Waals surface area contributed by atoms with Gasteiger partial charge in [0.2, 0.25) is 0 Å². The molecule has 3 N–H and O–H groups in total. The maximum atomic E-state index is 12.6. The number of amides is 1. The molecule has 2 aromatic heterocycles. The lowest BCUT2D eigenvalue weighted by Gasteiger charge is -2.06. The number of sulfone groups is 1. The number of aryl methyl sites for hydroxylation is 2. The van der Waals surface area contributed by atoms with Gasteiger partial charge in [0, 0.05) is 11.8 Å². The van der Waals surface area contributed by atoms with Crippen LogP contribution in [-0.2, 0) is 9.84 Å². The van der Waals surface area contributed by atoms with Gasteiger partial charge < -0.3 is 5.11 Å². The number of aromatic nitrogens is 3. The van der Waals surface area contributed by atoms with Gasteiger partial charge in [0.1, 0.15) is 11.4 Å². The number of phenols is 1. The molecule has 8 nitrogen and oxygen atoms in total. The zero-order valence-electron chi connectivity index (χ0n) is 16.3. The van der Waals surface area contributed by atoms with Crippen molar-refractivity contribution in [3.8, 4) is 17.0 Å². The number of nitrogens with one attached hydrogen (secondary N) is 2. The van der Waals surface area contributed by atoms with E-state index < -0.39 is 15.7 Å². The molecule has 0 bridgehead atoms. The third kappa shape index (κ3) is 3.79. The number of nitrogens with zero attached hydrogens (tertiary/aromatic N) is 2. The lowest BCUT2D eigenvalue weighted by Crippen LogP contribution is -2.11. The zero-order valence-corrected chi connectivity index (χ0v) is 18.0. The molecule has 0 saturated heterocycles. The first kappa shape index (κ1) is 20.0. The van der Waals surface area contributed by atoms with Crippen molar-refractivity contribution in [2.75, 3.05) is 11.6 Å². The van der Waals surface area contributed by atoms with Gasteiger partial charge in [-0.3, -0.25) is 15.2 Å². The van der Waals surface area contributed by atoms with Crippen LogP contribution in [0.15, 0.2) is 41.3 Å². The van der Waals surface area contributed by atoms with E-state index >= 15 is 0 Å². The van der Waals surface area contributed by atoms with Crippen LogP contribution in [0.1, 0.15) is 21.6 Å². The van der Waals surface area contributed by atoms with Crippen molar-refractivity contribution in [2.45, 2.75) is 18.7 Å². The van der Waals surface area contributed by atoms with Gasteiger partial charge in [-0.05, 0) is 55.3 Å². The first-order chi connectivity index (χ1) is 14.1. The number of hydrogen-bond acceptors (Lipinski definition) is 7. The van der Waals surface area contributed by atoms with Gasteiger partial charge in [-0.1, -0.05) is 17.4 Å². The van der Waals surface area contributed by atoms with Gasteiger partial charge in [-0.2, -0.15) is 5.10 Å². The fourth-order valence-electron chi connectivity index (χ4n) is 3.08. The van der Waals surface area contributed by atoms with E-state index in [-0.39, 0.29) is 16.3 Å². The molecule has 0 radical (unpaired) electrons. The lowest BCUT2D eigenvalue weighted by molar-refractivity contribution is 0.102. The number of hydrogen-bond donors (Lipinski definition) is 3. The highest BCUT2D eigenvalue weighted by molar-refractivity contribution is 7.90. The van der Waals surface area contributed by atoms with Crippen molar-refractivity contribution in [1.29, 1.82) is 0 Å². The molecule has 2 heterocycles. The van der Waals surface area contributed by atoms with Crippen LogP contribution in [0.25, 0.3) is 21.5 Å². The molecular formula is C20H18N4O4S2. The zero-order chi connectivity index (χ0) is 21.6. The van der Waals surface area contributed by atoms with Crippen molar-refractivity contribution in [2.24, 2.45) is 0 Å². The summed E-state index contributed by atoms with van der Waals surface area (Å²) in [5, 5.41) is 20.2. The maximum absolute atomic E-state index is 12.6. The van der Waals surface area contributed by atoms with E-state index in [1.807, 2.05) is 13.0 Å². The van der Waals surface area contributed by atoms with E-state index in [4.69, 9.17) is 0 Å². The minimum Gasteiger partial charge on any atom is -0.507 e. The fourth-order valence-corrected chi connectivity index (χ4v) is 4.71. The Kier molecular flexibility index (Phi) is 4.83. The molecule has 154 valence electrons. The van der Waals surface area contributed by atoms with E-state index in [0.717, 1.165) is 17.4 Å². The second kappa shape index (κ2) is 7.22. The summed E-state index contributed by atoms with van der Waals surface area (Å²) in [6.07, 6.45) is 1.14. The van der Waals surface area contributed by atoms with Crippen molar-refractivity contribution >= 4 is 42.4 Å². The van der Waals surface area contributed by atoms with Crippen molar-refractivity contribution < 1.29 is 18.3 Å². The molecule has 10 heteroatoms. The molecule has 1 amide bonds. The summed E-state index contributed by atoms with van der Waals surface area (Å²) in [6, 6.07) is 9.84. The summed E-state index contributed by atoms with van der Waals surface area (Å²) in [7, 11) is -3.33. The summed E-state index contributed by atoms with van der Waals surface area (Å²) < 4.78 is 24.1. The highest BCUT2D eigenvalue weighted by Gasteiger charge is 2.17. The van der Waals surface area contributed by atoms with Gasteiger partial charge >= 0.3 is 0 Å². The topological polar surface area (TPSA) is 125 Å². The summed E-state index contributed by atoms with van der Waals surface area (Å²) in [6.45, 7) is 3.72. The van der Waals surface area contributed by atoms with E-state index in [0.29, 0.717) is 26.6 Å². The molecule has 0 aliphatic heterocycles. The Morgan fingerprint density at radius 1 is 1.17 bits per heavy atom. The van der Waals surface area contributed by atoms with Crippen molar-refractivity contribution in [3.05, 3.63) is 53.2 Å². The predicted molar refractivity (Wildman–Crippen MR) is 116 cm³/mol. The second-order valence-electron chi connectivity index (χ2n) is 7.02. The second-order valence-corrected chi connectivity index (χ2v) is 10.1. The fraction of sp³-hybridized carbons (Fsp3) is 0.150. The summed E-state index contributed by atoms with van der Waals surface area (Å²) in [5.41, 5.74) is 3.48. The number of aromatic amines is 1. The molecule has 4 aromatic rings. The van der Waals surface area contributed by atoms with E-state index in [9.17, 15) is 18.3 Å². The highest BCUT2D eigenvalue weighted by atomic mass is 32.2. The molecule has 4 rings (SSSR count). The Morgan fingerprint density at radius 2 is 1.93 bits per heavy atom. The number of carbonyl (C=O) groups is 1. The first-order valence-electron chi connectivity index (χ1n) is 8.90. The van der Waals surface area contributed by atoms with Gasteiger partial charge in [0.25, 0.3) is 5.91 Å². The number of aromatic hydroxyl groups is 1. The van der Waals surface area contributed by atoms with Gasteiger partial charge in [-0.25, -0.2) is 13.4 Å². The van der Waals surface area contributed by atoms with Crippen LogP contribution in [-0.4, -0.2) is 40.9 Å². The Bertz CT molecular complexity index is 1400. The number of carbonyl (C=O) groups excluding carboxylic acids is 1. The van der Waals surface area contributed by atoms with Gasteiger partial charge in [-0.15, -0.1) is 0 Å². The Morgan fingerprint density at radius 3 is 2.67 bits per heavy atom. The molecule has 0 fully saturated rings. The number of anilines is 1. The molecule has 0 saturated carbocycles. The summed E-state index contributed by atoms with van der Waals surface area (Å²) in [4.78, 5) is 17.1. The number of H-pyrrole nitrogens is 1. The molecule has 0 atom stereocenters. The van der Waals surface area contributed by atoms with Crippen LogP contribution in [0.5, 0.6) is 5.75 Å². The highest BCUT2D eigenvalue weighted by Crippen LogP contribution is 2.33. The van der Waals surface area contributed by atoms with E-state index in [2.05, 4.69) is 20.5 Å². The smallest absolute Gasteiger partial charge is 0.275 e. The monoisotopic (exact) mass is 442 g/mol. The van der Waals surface area contributed by atoms with Crippen LogP contribution in [0.2, 0.25) is 0 Å². The minimum atomic E-state index is -3.33. The Hall–Kier alpha value is -3.24. The molecule has 0 spiro atoms. The SMILES string of the molecule is Cc1cc(C)c(O)c(-c2cc(C(=O)Nc3nc4ccc(S(C)(=O)=O)cc4s3)[nH]n2)c1. The number of phenolic OH excluding ortho intramolecular Hbond substituents is 1. The Balaban J connectivity index is 1.59. The Labute approximate surface area is 176 Å². The van der Waals surface area contributed by atoms with Crippen LogP contribution in [0.4, 0.5) is 5.13 Å². The van der Waals surface area contributed by atoms with Crippen LogP contribution in [0.3, 0.4) is 0 Å². The average molecular weight is 443 g/mol. The average Bonchev–Trinajstić information content (AvgIpc) is 3.29. The molecule has 0 aliphatic carbocycles. The molecular weight excluding hydrogens is 424 g/mol. The molecule has 0 unspecified atom stereocenters. The summed E-state index contributed by atoms with van der Waals surface area (Å²) in [5.74, 6) is -0.327. The van der Waals surface area contributed by atoms with Crippen molar-refractivity contribution in [1.82, 2.24) is 15.2 Å².